The van der Waals surface area contributed by atoms with Crippen molar-refractivity contribution in [2.24, 2.45) is 0 Å². The van der Waals surface area contributed by atoms with Crippen molar-refractivity contribution in [1.82, 2.24) is 10.2 Å². The van der Waals surface area contributed by atoms with Crippen LogP contribution in [0.4, 0.5) is 18.9 Å². The van der Waals surface area contributed by atoms with E-state index in [2.05, 4.69) is 5.32 Å². The summed E-state index contributed by atoms with van der Waals surface area (Å²) < 4.78 is 64.8. The molecule has 2 aromatic carbocycles. The second-order valence-corrected chi connectivity index (χ2v) is 9.97. The zero-order valence-electron chi connectivity index (χ0n) is 19.9. The van der Waals surface area contributed by atoms with Crippen LogP contribution in [-0.4, -0.2) is 50.5 Å². The fourth-order valence-corrected chi connectivity index (χ4v) is 4.48. The smallest absolute Gasteiger partial charge is 0.355 e. The number of benzene rings is 2. The molecule has 0 aliphatic heterocycles. The predicted octanol–water partition coefficient (Wildman–Crippen LogP) is 3.81. The van der Waals surface area contributed by atoms with Gasteiger partial charge >= 0.3 is 6.18 Å². The first kappa shape index (κ1) is 28.2. The molecule has 2 rings (SSSR count). The van der Waals surface area contributed by atoms with Gasteiger partial charge in [0, 0.05) is 26.1 Å². The molecule has 7 nitrogen and oxygen atoms in total. The molecule has 11 heteroatoms. The van der Waals surface area contributed by atoms with Crippen molar-refractivity contribution in [1.29, 1.82) is 0 Å². The average Bonchev–Trinajstić information content (AvgIpc) is 2.79. The average molecular weight is 514 g/mol. The maximum Gasteiger partial charge on any atom is 0.416 e. The topological polar surface area (TPSA) is 86.8 Å². The lowest BCUT2D eigenvalue weighted by Crippen LogP contribution is -2.47. The van der Waals surface area contributed by atoms with Crippen LogP contribution >= 0.6 is 0 Å². The van der Waals surface area contributed by atoms with Crippen molar-refractivity contribution in [2.75, 3.05) is 23.7 Å². The van der Waals surface area contributed by atoms with Crippen LogP contribution in [0.3, 0.4) is 0 Å². The quantitative estimate of drug-likeness (QED) is 0.495. The molecule has 192 valence electrons. The number of alkyl halides is 3. The molecule has 0 saturated heterocycles. The van der Waals surface area contributed by atoms with E-state index in [1.54, 1.807) is 13.8 Å². The first-order valence-corrected chi connectivity index (χ1v) is 13.0. The predicted molar refractivity (Wildman–Crippen MR) is 128 cm³/mol. The number of hydrogen-bond donors (Lipinski definition) is 1. The van der Waals surface area contributed by atoms with Crippen molar-refractivity contribution in [3.63, 3.8) is 0 Å². The maximum absolute atomic E-state index is 13.1. The van der Waals surface area contributed by atoms with Crippen LogP contribution in [0.2, 0.25) is 0 Å². The van der Waals surface area contributed by atoms with Gasteiger partial charge in [0.25, 0.3) is 0 Å². The van der Waals surface area contributed by atoms with Gasteiger partial charge in [0.2, 0.25) is 21.8 Å². The Morgan fingerprint density at radius 2 is 1.71 bits per heavy atom. The molecule has 1 N–H and O–H groups in total. The zero-order valence-corrected chi connectivity index (χ0v) is 20.7. The number of nitrogens with zero attached hydrogens (tertiary/aromatic N) is 2. The van der Waals surface area contributed by atoms with Crippen LogP contribution in [0, 0.1) is 0 Å². The molecule has 0 heterocycles. The van der Waals surface area contributed by atoms with Crippen molar-refractivity contribution in [2.45, 2.75) is 45.5 Å². The molecule has 2 amide bonds. The van der Waals surface area contributed by atoms with Gasteiger partial charge in [-0.3, -0.25) is 13.9 Å². The van der Waals surface area contributed by atoms with E-state index in [0.717, 1.165) is 34.3 Å². The number of halogens is 3. The number of rotatable bonds is 11. The molecule has 0 unspecified atom stereocenters. The van der Waals surface area contributed by atoms with Gasteiger partial charge in [-0.15, -0.1) is 0 Å². The van der Waals surface area contributed by atoms with Gasteiger partial charge in [-0.05, 0) is 44.0 Å². The van der Waals surface area contributed by atoms with Crippen LogP contribution in [0.15, 0.2) is 54.6 Å². The molecule has 0 saturated carbocycles. The molecule has 35 heavy (non-hydrogen) atoms. The second kappa shape index (κ2) is 12.1. The minimum absolute atomic E-state index is 0.0511. The van der Waals surface area contributed by atoms with Crippen LogP contribution in [0.25, 0.3) is 0 Å². The third kappa shape index (κ3) is 8.27. The lowest BCUT2D eigenvalue weighted by molar-refractivity contribution is -0.140. The third-order valence-corrected chi connectivity index (χ3v) is 6.52. The first-order valence-electron chi connectivity index (χ1n) is 11.1. The van der Waals surface area contributed by atoms with E-state index in [1.807, 2.05) is 30.3 Å². The number of likely N-dealkylation sites (N-methyl/N-ethyl adjacent to an activating group) is 1. The molecule has 1 atom stereocenters. The Hall–Kier alpha value is -3.08. The molecule has 0 aliphatic rings. The molecule has 0 spiro atoms. The van der Waals surface area contributed by atoms with E-state index in [0.29, 0.717) is 6.54 Å². The lowest BCUT2D eigenvalue weighted by Gasteiger charge is -2.29. The molecular formula is C24H30F3N3O4S. The standard InChI is InChI=1S/C24H30F3N3O4S/c1-4-28-23(32)18(2)29(17-19-10-6-5-7-11-19)22(31)14-9-15-30(35(3,33)34)21-13-8-12-20(16-21)24(25,26)27/h5-8,10-13,16,18H,4,9,14-15,17H2,1-3H3,(H,28,32)/t18-/m1/s1. The summed E-state index contributed by atoms with van der Waals surface area (Å²) in [5.74, 6) is -0.691. The summed E-state index contributed by atoms with van der Waals surface area (Å²) in [6.45, 7) is 3.76. The Kier molecular flexibility index (Phi) is 9.70. The highest BCUT2D eigenvalue weighted by atomic mass is 32.2. The lowest BCUT2D eigenvalue weighted by atomic mass is 10.1. The van der Waals surface area contributed by atoms with E-state index in [1.165, 1.54) is 11.0 Å². The Bertz CT molecular complexity index is 1110. The highest BCUT2D eigenvalue weighted by Gasteiger charge is 2.32. The number of carbonyl (C=O) groups is 2. The van der Waals surface area contributed by atoms with Gasteiger partial charge in [-0.25, -0.2) is 8.42 Å². The third-order valence-electron chi connectivity index (χ3n) is 5.33. The summed E-state index contributed by atoms with van der Waals surface area (Å²) in [7, 11) is -3.91. The van der Waals surface area contributed by atoms with Crippen LogP contribution in [-0.2, 0) is 32.3 Å². The summed E-state index contributed by atoms with van der Waals surface area (Å²) in [4.78, 5) is 26.9. The fraction of sp³-hybridized carbons (Fsp3) is 0.417. The monoisotopic (exact) mass is 513 g/mol. The van der Waals surface area contributed by atoms with Gasteiger partial charge in [0.1, 0.15) is 6.04 Å². The summed E-state index contributed by atoms with van der Waals surface area (Å²) >= 11 is 0. The molecular weight excluding hydrogens is 483 g/mol. The Morgan fingerprint density at radius 3 is 2.29 bits per heavy atom. The van der Waals surface area contributed by atoms with Crippen molar-refractivity contribution >= 4 is 27.5 Å². The van der Waals surface area contributed by atoms with Gasteiger partial charge in [-0.1, -0.05) is 36.4 Å². The molecule has 0 aromatic heterocycles. The van der Waals surface area contributed by atoms with Crippen molar-refractivity contribution in [3.05, 3.63) is 65.7 Å². The van der Waals surface area contributed by atoms with E-state index in [-0.39, 0.29) is 43.4 Å². The largest absolute Gasteiger partial charge is 0.416 e. The number of sulfonamides is 1. The Labute approximate surface area is 204 Å². The normalized spacial score (nSPS) is 12.6. The molecule has 0 fully saturated rings. The highest BCUT2D eigenvalue weighted by molar-refractivity contribution is 7.92. The SMILES string of the molecule is CCNC(=O)[C@@H](C)N(Cc1ccccc1)C(=O)CCCN(c1cccc(C(F)(F)F)c1)S(C)(=O)=O. The van der Waals surface area contributed by atoms with Gasteiger partial charge in [-0.2, -0.15) is 13.2 Å². The molecule has 0 aliphatic carbocycles. The number of anilines is 1. The summed E-state index contributed by atoms with van der Waals surface area (Å²) in [5.41, 5.74) is -0.283. The number of amides is 2. The Balaban J connectivity index is 2.18. The van der Waals surface area contributed by atoms with E-state index < -0.39 is 27.8 Å². The van der Waals surface area contributed by atoms with Gasteiger partial charge < -0.3 is 10.2 Å². The van der Waals surface area contributed by atoms with Gasteiger partial charge in [0.05, 0.1) is 17.5 Å². The number of hydrogen-bond acceptors (Lipinski definition) is 4. The fourth-order valence-electron chi connectivity index (χ4n) is 3.53. The first-order chi connectivity index (χ1) is 16.3. The van der Waals surface area contributed by atoms with E-state index >= 15 is 0 Å². The second-order valence-electron chi connectivity index (χ2n) is 8.06. The summed E-state index contributed by atoms with van der Waals surface area (Å²) in [6, 6.07) is 12.4. The van der Waals surface area contributed by atoms with Crippen molar-refractivity contribution < 1.29 is 31.2 Å². The summed E-state index contributed by atoms with van der Waals surface area (Å²) in [5, 5.41) is 2.69. The van der Waals surface area contributed by atoms with E-state index in [4.69, 9.17) is 0 Å². The molecule has 0 radical (unpaired) electrons. The minimum atomic E-state index is -4.62. The molecule has 0 bridgehead atoms. The highest BCUT2D eigenvalue weighted by Crippen LogP contribution is 2.32. The van der Waals surface area contributed by atoms with E-state index in [9.17, 15) is 31.2 Å². The van der Waals surface area contributed by atoms with Crippen LogP contribution in [0.1, 0.15) is 37.8 Å². The maximum atomic E-state index is 13.1. The zero-order chi connectivity index (χ0) is 26.2. The molecule has 2 aromatic rings. The van der Waals surface area contributed by atoms with Gasteiger partial charge in [0.15, 0.2) is 0 Å². The van der Waals surface area contributed by atoms with Crippen molar-refractivity contribution in [3.8, 4) is 0 Å². The summed E-state index contributed by atoms with van der Waals surface area (Å²) in [6.07, 6.45) is -3.77. The van der Waals surface area contributed by atoms with Crippen LogP contribution in [0.5, 0.6) is 0 Å². The number of carbonyl (C=O) groups excluding carboxylic acids is 2. The Morgan fingerprint density at radius 1 is 1.06 bits per heavy atom. The minimum Gasteiger partial charge on any atom is -0.355 e. The number of nitrogens with one attached hydrogen (secondary N) is 1. The van der Waals surface area contributed by atoms with Crippen LogP contribution < -0.4 is 9.62 Å².